The maximum Gasteiger partial charge on any atom is 0.156 e. The molecule has 0 aromatic rings. The second kappa shape index (κ2) is 1.42. The van der Waals surface area contributed by atoms with E-state index in [0.717, 1.165) is 11.7 Å². The summed E-state index contributed by atoms with van der Waals surface area (Å²) in [5, 5.41) is 4.03. The van der Waals surface area contributed by atoms with Crippen LogP contribution in [0.25, 0.3) is 0 Å². The highest BCUT2D eigenvalue weighted by Gasteiger charge is 2.16. The van der Waals surface area contributed by atoms with Gasteiger partial charge in [-0.05, 0) is 0 Å². The van der Waals surface area contributed by atoms with Crippen molar-refractivity contribution in [3.63, 3.8) is 0 Å². The lowest BCUT2D eigenvalue weighted by Crippen LogP contribution is -2.27. The third-order valence-corrected chi connectivity index (χ3v) is 1.86. The van der Waals surface area contributed by atoms with Crippen LogP contribution in [0.15, 0.2) is 16.2 Å². The quantitative estimate of drug-likeness (QED) is 0.508. The van der Waals surface area contributed by atoms with E-state index in [0.29, 0.717) is 0 Å². The molecule has 42 valence electrons. The van der Waals surface area contributed by atoms with Crippen LogP contribution in [0.2, 0.25) is 0 Å². The van der Waals surface area contributed by atoms with Crippen LogP contribution in [-0.2, 0) is 0 Å². The molecule has 0 aliphatic carbocycles. The molecule has 0 aromatic carbocycles. The fourth-order valence-electron chi connectivity index (χ4n) is 0.684. The van der Waals surface area contributed by atoms with Gasteiger partial charge in [-0.2, -0.15) is 0 Å². The SMILES string of the molecule is C1=NC2=CSCN2N1. The molecule has 2 heterocycles. The third-order valence-electron chi connectivity index (χ3n) is 1.08. The summed E-state index contributed by atoms with van der Waals surface area (Å²) in [4.78, 5) is 4.03. The lowest BCUT2D eigenvalue weighted by Gasteiger charge is -2.09. The Balaban J connectivity index is 2.31. The monoisotopic (exact) mass is 127 g/mol. The number of thioether (sulfide) groups is 1. The molecule has 0 unspecified atom stereocenters. The van der Waals surface area contributed by atoms with E-state index in [1.807, 2.05) is 10.4 Å². The zero-order valence-electron chi connectivity index (χ0n) is 4.16. The van der Waals surface area contributed by atoms with Gasteiger partial charge in [0.1, 0.15) is 6.34 Å². The highest BCUT2D eigenvalue weighted by atomic mass is 32.2. The molecule has 0 aromatic heterocycles. The minimum absolute atomic E-state index is 0.981. The molecule has 0 fully saturated rings. The van der Waals surface area contributed by atoms with Crippen molar-refractivity contribution >= 4 is 18.1 Å². The van der Waals surface area contributed by atoms with E-state index >= 15 is 0 Å². The third kappa shape index (κ3) is 0.432. The largest absolute Gasteiger partial charge is 0.286 e. The van der Waals surface area contributed by atoms with Crippen LogP contribution in [0.5, 0.6) is 0 Å². The Hall–Kier alpha value is -0.640. The highest BCUT2D eigenvalue weighted by molar-refractivity contribution is 8.02. The molecule has 0 saturated heterocycles. The molecular weight excluding hydrogens is 122 g/mol. The van der Waals surface area contributed by atoms with E-state index in [9.17, 15) is 0 Å². The standard InChI is InChI=1S/C4H5N3S/c1-4-5-2-6-7(4)3-8-1/h1-2H,3H2,(H,5,6). The van der Waals surface area contributed by atoms with E-state index in [4.69, 9.17) is 0 Å². The average Bonchev–Trinajstić information content (AvgIpc) is 2.15. The number of hydrogen-bond acceptors (Lipinski definition) is 4. The molecule has 2 aliphatic rings. The fourth-order valence-corrected chi connectivity index (χ4v) is 1.45. The predicted octanol–water partition coefficient (Wildman–Crippen LogP) is 0.338. The summed E-state index contributed by atoms with van der Waals surface area (Å²) in [5.74, 6) is 2.02. The van der Waals surface area contributed by atoms with Gasteiger partial charge in [0, 0.05) is 5.41 Å². The van der Waals surface area contributed by atoms with Gasteiger partial charge < -0.3 is 0 Å². The van der Waals surface area contributed by atoms with Crippen LogP contribution in [-0.4, -0.2) is 17.2 Å². The first-order valence-electron chi connectivity index (χ1n) is 2.35. The summed E-state index contributed by atoms with van der Waals surface area (Å²) < 4.78 is 0. The molecule has 0 saturated carbocycles. The maximum atomic E-state index is 4.03. The van der Waals surface area contributed by atoms with Crippen LogP contribution in [0.3, 0.4) is 0 Å². The van der Waals surface area contributed by atoms with Gasteiger partial charge in [0.2, 0.25) is 0 Å². The van der Waals surface area contributed by atoms with Crippen molar-refractivity contribution in [3.05, 3.63) is 11.2 Å². The summed E-state index contributed by atoms with van der Waals surface area (Å²) in [7, 11) is 0. The lowest BCUT2D eigenvalue weighted by molar-refractivity contribution is 0.389. The summed E-state index contributed by atoms with van der Waals surface area (Å²) in [6, 6.07) is 0. The van der Waals surface area contributed by atoms with Crippen LogP contribution >= 0.6 is 11.8 Å². The number of hydrogen-bond donors (Lipinski definition) is 1. The van der Waals surface area contributed by atoms with Gasteiger partial charge in [-0.3, -0.25) is 10.4 Å². The molecule has 8 heavy (non-hydrogen) atoms. The van der Waals surface area contributed by atoms with Gasteiger partial charge >= 0.3 is 0 Å². The molecule has 2 aliphatic heterocycles. The Morgan fingerprint density at radius 2 is 2.88 bits per heavy atom. The summed E-state index contributed by atoms with van der Waals surface area (Å²) >= 11 is 1.75. The zero-order valence-corrected chi connectivity index (χ0v) is 4.98. The Morgan fingerprint density at radius 3 is 3.75 bits per heavy atom. The van der Waals surface area contributed by atoms with Gasteiger partial charge in [-0.25, -0.2) is 4.99 Å². The second-order valence-corrected chi connectivity index (χ2v) is 2.41. The molecule has 4 heteroatoms. The molecular formula is C4H5N3S. The lowest BCUT2D eigenvalue weighted by atomic mass is 10.8. The minimum atomic E-state index is 0.981. The first-order valence-corrected chi connectivity index (χ1v) is 3.40. The van der Waals surface area contributed by atoms with Gasteiger partial charge in [0.15, 0.2) is 5.82 Å². The average molecular weight is 127 g/mol. The summed E-state index contributed by atoms with van der Waals surface area (Å²) in [5.41, 5.74) is 2.97. The van der Waals surface area contributed by atoms with E-state index in [-0.39, 0.29) is 0 Å². The van der Waals surface area contributed by atoms with E-state index in [2.05, 4.69) is 10.4 Å². The Labute approximate surface area is 51.4 Å². The van der Waals surface area contributed by atoms with Crippen molar-refractivity contribution in [1.29, 1.82) is 0 Å². The van der Waals surface area contributed by atoms with Crippen LogP contribution in [0, 0.1) is 0 Å². The minimum Gasteiger partial charge on any atom is -0.286 e. The maximum absolute atomic E-state index is 4.03. The van der Waals surface area contributed by atoms with E-state index in [1.165, 1.54) is 0 Å². The van der Waals surface area contributed by atoms with Crippen LogP contribution in [0.1, 0.15) is 0 Å². The normalized spacial score (nSPS) is 23.0. The molecule has 0 spiro atoms. The molecule has 1 N–H and O–H groups in total. The summed E-state index contributed by atoms with van der Waals surface area (Å²) in [6.07, 6.45) is 1.70. The Kier molecular flexibility index (Phi) is 0.754. The van der Waals surface area contributed by atoms with E-state index < -0.39 is 0 Å². The van der Waals surface area contributed by atoms with Crippen molar-refractivity contribution in [3.8, 4) is 0 Å². The second-order valence-electron chi connectivity index (χ2n) is 1.59. The smallest absolute Gasteiger partial charge is 0.156 e. The van der Waals surface area contributed by atoms with E-state index in [1.54, 1.807) is 18.1 Å². The number of hydrazine groups is 1. The van der Waals surface area contributed by atoms with Crippen molar-refractivity contribution in [1.82, 2.24) is 10.4 Å². The number of nitrogens with one attached hydrogen (secondary N) is 1. The number of rotatable bonds is 0. The molecule has 0 bridgehead atoms. The van der Waals surface area contributed by atoms with Crippen LogP contribution in [0.4, 0.5) is 0 Å². The molecule has 0 radical (unpaired) electrons. The zero-order chi connectivity index (χ0) is 5.40. The summed E-state index contributed by atoms with van der Waals surface area (Å²) in [6.45, 7) is 0. The topological polar surface area (TPSA) is 27.6 Å². The predicted molar refractivity (Wildman–Crippen MR) is 34.0 cm³/mol. The Bertz CT molecular complexity index is 163. The van der Waals surface area contributed by atoms with Gasteiger partial charge in [-0.1, -0.05) is 0 Å². The van der Waals surface area contributed by atoms with Crippen LogP contribution < -0.4 is 5.43 Å². The van der Waals surface area contributed by atoms with Crippen molar-refractivity contribution < 1.29 is 0 Å². The Morgan fingerprint density at radius 1 is 1.88 bits per heavy atom. The van der Waals surface area contributed by atoms with Gasteiger partial charge in [0.05, 0.1) is 5.88 Å². The van der Waals surface area contributed by atoms with Crippen molar-refractivity contribution in [2.75, 3.05) is 5.88 Å². The first kappa shape index (κ1) is 4.26. The number of fused-ring (bicyclic) bond motifs is 1. The van der Waals surface area contributed by atoms with Gasteiger partial charge in [0.25, 0.3) is 0 Å². The molecule has 0 atom stereocenters. The van der Waals surface area contributed by atoms with Crippen molar-refractivity contribution in [2.45, 2.75) is 0 Å². The molecule has 0 amide bonds. The van der Waals surface area contributed by atoms with Crippen molar-refractivity contribution in [2.24, 2.45) is 4.99 Å². The molecule has 2 rings (SSSR count). The molecule has 3 nitrogen and oxygen atoms in total. The number of nitrogens with zero attached hydrogens (tertiary/aromatic N) is 2. The highest BCUT2D eigenvalue weighted by Crippen LogP contribution is 2.22. The van der Waals surface area contributed by atoms with Gasteiger partial charge in [-0.15, -0.1) is 11.8 Å². The number of aliphatic imine (C=N–C) groups is 1. The first-order chi connectivity index (χ1) is 3.97. The fraction of sp³-hybridized carbons (Fsp3) is 0.250.